The zero-order chi connectivity index (χ0) is 22.4. The highest BCUT2D eigenvalue weighted by Crippen LogP contribution is 2.20. The van der Waals surface area contributed by atoms with Gasteiger partial charge in [0.05, 0.1) is 17.7 Å². The molecular weight excluding hydrogens is 441 g/mol. The summed E-state index contributed by atoms with van der Waals surface area (Å²) in [5.74, 6) is -0.769. The van der Waals surface area contributed by atoms with Crippen LogP contribution in [0.2, 0.25) is 10.0 Å². The average molecular weight is 458 g/mol. The van der Waals surface area contributed by atoms with Gasteiger partial charge in [-0.3, -0.25) is 25.2 Å². The summed E-state index contributed by atoms with van der Waals surface area (Å²) in [6.45, 7) is 0. The van der Waals surface area contributed by atoms with Crippen LogP contribution in [0.4, 0.5) is 5.69 Å². The maximum atomic E-state index is 12.3. The third-order valence-electron chi connectivity index (χ3n) is 4.22. The maximum Gasteiger partial charge on any atom is 0.271 e. The summed E-state index contributed by atoms with van der Waals surface area (Å²) >= 11 is 11.8. The lowest BCUT2D eigenvalue weighted by Gasteiger charge is -2.10. The predicted molar refractivity (Wildman–Crippen MR) is 119 cm³/mol. The van der Waals surface area contributed by atoms with E-state index in [1.165, 1.54) is 30.3 Å². The van der Waals surface area contributed by atoms with Crippen LogP contribution in [0.15, 0.2) is 66.7 Å². The van der Waals surface area contributed by atoms with E-state index in [-0.39, 0.29) is 22.1 Å². The van der Waals surface area contributed by atoms with Crippen molar-refractivity contribution in [3.63, 3.8) is 0 Å². The van der Waals surface area contributed by atoms with Crippen LogP contribution in [0, 0.1) is 0 Å². The summed E-state index contributed by atoms with van der Waals surface area (Å²) in [5.41, 5.74) is 6.02. The lowest BCUT2D eigenvalue weighted by Crippen LogP contribution is -2.41. The third kappa shape index (κ3) is 5.75. The Balaban J connectivity index is 1.56. The number of carbonyl (C=O) groups excluding carboxylic acids is 3. The van der Waals surface area contributed by atoms with Crippen molar-refractivity contribution in [2.45, 2.75) is 0 Å². The van der Waals surface area contributed by atoms with Gasteiger partial charge in [-0.2, -0.15) is 0 Å². The van der Waals surface area contributed by atoms with E-state index in [1.54, 1.807) is 43.5 Å². The molecule has 3 N–H and O–H groups in total. The molecule has 0 aliphatic heterocycles. The number of benzene rings is 3. The molecule has 0 fully saturated rings. The zero-order valence-electron chi connectivity index (χ0n) is 16.2. The Hall–Kier alpha value is -3.55. The van der Waals surface area contributed by atoms with E-state index < -0.39 is 11.8 Å². The highest BCUT2D eigenvalue weighted by atomic mass is 35.5. The second-order valence-corrected chi connectivity index (χ2v) is 7.14. The van der Waals surface area contributed by atoms with Crippen molar-refractivity contribution >= 4 is 46.6 Å². The molecule has 0 saturated heterocycles. The van der Waals surface area contributed by atoms with Crippen molar-refractivity contribution < 1.29 is 19.1 Å². The summed E-state index contributed by atoms with van der Waals surface area (Å²) < 4.78 is 5.07. The molecule has 0 aliphatic carbocycles. The second-order valence-electron chi connectivity index (χ2n) is 6.29. The number of halogens is 2. The van der Waals surface area contributed by atoms with Crippen LogP contribution >= 0.6 is 23.2 Å². The van der Waals surface area contributed by atoms with Crippen LogP contribution in [-0.4, -0.2) is 24.8 Å². The molecule has 158 valence electrons. The fourth-order valence-electron chi connectivity index (χ4n) is 2.58. The predicted octanol–water partition coefficient (Wildman–Crippen LogP) is 4.33. The first kappa shape index (κ1) is 22.1. The van der Waals surface area contributed by atoms with E-state index in [4.69, 9.17) is 27.9 Å². The lowest BCUT2D eigenvalue weighted by atomic mass is 10.1. The van der Waals surface area contributed by atoms with Gasteiger partial charge in [0.25, 0.3) is 17.7 Å². The zero-order valence-corrected chi connectivity index (χ0v) is 17.8. The number of anilines is 1. The summed E-state index contributed by atoms with van der Waals surface area (Å²) in [7, 11) is 1.55. The van der Waals surface area contributed by atoms with E-state index in [0.717, 1.165) is 0 Å². The second kappa shape index (κ2) is 9.97. The first-order valence-corrected chi connectivity index (χ1v) is 9.74. The van der Waals surface area contributed by atoms with E-state index >= 15 is 0 Å². The molecule has 0 bridgehead atoms. The third-order valence-corrected chi connectivity index (χ3v) is 4.77. The Morgan fingerprint density at radius 2 is 1.32 bits per heavy atom. The number of hydrogen-bond acceptors (Lipinski definition) is 4. The Labute approximate surface area is 188 Å². The maximum absolute atomic E-state index is 12.3. The van der Waals surface area contributed by atoms with Gasteiger partial charge in [0.2, 0.25) is 0 Å². The van der Waals surface area contributed by atoms with Crippen LogP contribution in [0.1, 0.15) is 31.1 Å². The quantitative estimate of drug-likeness (QED) is 0.496. The number of rotatable bonds is 5. The van der Waals surface area contributed by atoms with Crippen LogP contribution in [0.3, 0.4) is 0 Å². The van der Waals surface area contributed by atoms with E-state index in [1.807, 2.05) is 0 Å². The first-order chi connectivity index (χ1) is 14.9. The van der Waals surface area contributed by atoms with Crippen molar-refractivity contribution in [2.75, 3.05) is 12.4 Å². The molecule has 0 radical (unpaired) electrons. The first-order valence-electron chi connectivity index (χ1n) is 8.98. The molecule has 0 unspecified atom stereocenters. The summed E-state index contributed by atoms with van der Waals surface area (Å²) in [5, 5.41) is 3.29. The molecule has 31 heavy (non-hydrogen) atoms. The molecule has 3 amide bonds. The molecule has 0 spiro atoms. The van der Waals surface area contributed by atoms with Gasteiger partial charge in [-0.15, -0.1) is 0 Å². The fourth-order valence-corrected chi connectivity index (χ4v) is 3.07. The van der Waals surface area contributed by atoms with Crippen molar-refractivity contribution in [3.05, 3.63) is 93.5 Å². The molecular formula is C22H17Cl2N3O4. The van der Waals surface area contributed by atoms with Gasteiger partial charge in [0.1, 0.15) is 5.75 Å². The molecule has 0 saturated carbocycles. The molecule has 3 aromatic carbocycles. The minimum Gasteiger partial charge on any atom is -0.497 e. The number of methoxy groups -OCH3 is 1. The molecule has 7 nitrogen and oxygen atoms in total. The highest BCUT2D eigenvalue weighted by Gasteiger charge is 2.13. The van der Waals surface area contributed by atoms with Crippen LogP contribution in [0.5, 0.6) is 5.75 Å². The minimum atomic E-state index is -0.585. The van der Waals surface area contributed by atoms with Crippen LogP contribution in [-0.2, 0) is 0 Å². The number of ether oxygens (including phenoxy) is 1. The Morgan fingerprint density at radius 1 is 0.742 bits per heavy atom. The van der Waals surface area contributed by atoms with Gasteiger partial charge < -0.3 is 10.1 Å². The van der Waals surface area contributed by atoms with E-state index in [0.29, 0.717) is 22.0 Å². The summed E-state index contributed by atoms with van der Waals surface area (Å²) in [4.78, 5) is 36.7. The Kier molecular flexibility index (Phi) is 7.12. The molecule has 9 heteroatoms. The van der Waals surface area contributed by atoms with E-state index in [9.17, 15) is 14.4 Å². The van der Waals surface area contributed by atoms with Gasteiger partial charge in [0, 0.05) is 21.8 Å². The molecule has 0 aliphatic rings. The Bertz CT molecular complexity index is 1120. The van der Waals surface area contributed by atoms with Crippen molar-refractivity contribution in [1.82, 2.24) is 10.9 Å². The van der Waals surface area contributed by atoms with Gasteiger partial charge in [-0.1, -0.05) is 23.2 Å². The fraction of sp³-hybridized carbons (Fsp3) is 0.0455. The molecule has 3 rings (SSSR count). The molecule has 0 atom stereocenters. The van der Waals surface area contributed by atoms with E-state index in [2.05, 4.69) is 16.2 Å². The molecule has 0 heterocycles. The van der Waals surface area contributed by atoms with Gasteiger partial charge in [0.15, 0.2) is 0 Å². The Morgan fingerprint density at radius 3 is 1.94 bits per heavy atom. The van der Waals surface area contributed by atoms with Crippen LogP contribution < -0.4 is 20.9 Å². The van der Waals surface area contributed by atoms with Crippen molar-refractivity contribution in [1.29, 1.82) is 0 Å². The number of carbonyl (C=O) groups is 3. The topological polar surface area (TPSA) is 96.5 Å². The van der Waals surface area contributed by atoms with Gasteiger partial charge in [-0.25, -0.2) is 0 Å². The number of hydrazine groups is 1. The highest BCUT2D eigenvalue weighted by molar-refractivity contribution is 6.36. The standard InChI is InChI=1S/C22H17Cl2N3O4/c1-31-17-9-4-13(5-10-17)20(28)25-16-7-2-14(3-8-16)21(29)26-27-22(30)18-11-6-15(23)12-19(18)24/h2-12H,1H3,(H,25,28)(H,26,29)(H,27,30). The SMILES string of the molecule is COc1ccc(C(=O)Nc2ccc(C(=O)NNC(=O)c3ccc(Cl)cc3Cl)cc2)cc1. The summed E-state index contributed by atoms with van der Waals surface area (Å²) in [6.07, 6.45) is 0. The normalized spacial score (nSPS) is 10.2. The number of amides is 3. The summed E-state index contributed by atoms with van der Waals surface area (Å²) in [6, 6.07) is 17.2. The minimum absolute atomic E-state index is 0.163. The van der Waals surface area contributed by atoms with Crippen molar-refractivity contribution in [2.24, 2.45) is 0 Å². The molecule has 3 aromatic rings. The lowest BCUT2D eigenvalue weighted by molar-refractivity contribution is 0.0847. The average Bonchev–Trinajstić information content (AvgIpc) is 2.77. The van der Waals surface area contributed by atoms with Gasteiger partial charge in [-0.05, 0) is 66.7 Å². The number of nitrogens with one attached hydrogen (secondary N) is 3. The van der Waals surface area contributed by atoms with Crippen molar-refractivity contribution in [3.8, 4) is 5.75 Å². The van der Waals surface area contributed by atoms with Gasteiger partial charge >= 0.3 is 0 Å². The largest absolute Gasteiger partial charge is 0.497 e. The molecule has 0 aromatic heterocycles. The smallest absolute Gasteiger partial charge is 0.271 e. The monoisotopic (exact) mass is 457 g/mol. The van der Waals surface area contributed by atoms with Crippen LogP contribution in [0.25, 0.3) is 0 Å². The number of hydrogen-bond donors (Lipinski definition) is 3.